The number of rotatable bonds is 3. The highest BCUT2D eigenvalue weighted by atomic mass is 32.1. The highest BCUT2D eigenvalue weighted by Gasteiger charge is 2.16. The summed E-state index contributed by atoms with van der Waals surface area (Å²) in [5.41, 5.74) is 6.96. The second-order valence-electron chi connectivity index (χ2n) is 4.11. The number of hydrogen-bond donors (Lipinski definition) is 3. The lowest BCUT2D eigenvalue weighted by Gasteiger charge is -2.02. The van der Waals surface area contributed by atoms with Crippen LogP contribution in [-0.4, -0.2) is 19.0 Å². The van der Waals surface area contributed by atoms with Crippen molar-refractivity contribution in [3.63, 3.8) is 0 Å². The second kappa shape index (κ2) is 6.07. The number of urea groups is 1. The second-order valence-corrected chi connectivity index (χ2v) is 5.16. The largest absolute Gasteiger partial charge is 0.366 e. The molecule has 0 aliphatic carbocycles. The number of nitrogens with zero attached hydrogens (tertiary/aromatic N) is 1. The van der Waals surface area contributed by atoms with Crippen LogP contribution in [0.3, 0.4) is 0 Å². The summed E-state index contributed by atoms with van der Waals surface area (Å²) in [7, 11) is 1.48. The van der Waals surface area contributed by atoms with Gasteiger partial charge in [-0.3, -0.25) is 10.1 Å². The van der Waals surface area contributed by atoms with E-state index in [4.69, 9.17) is 11.0 Å². The van der Waals surface area contributed by atoms with E-state index in [-0.39, 0.29) is 5.56 Å². The van der Waals surface area contributed by atoms with Crippen LogP contribution in [0, 0.1) is 11.3 Å². The molecule has 1 aromatic heterocycles. The monoisotopic (exact) mass is 300 g/mol. The number of carbonyl (C=O) groups is 2. The van der Waals surface area contributed by atoms with E-state index in [0.29, 0.717) is 10.6 Å². The van der Waals surface area contributed by atoms with Gasteiger partial charge in [0.2, 0.25) is 0 Å². The molecule has 0 radical (unpaired) electrons. The highest BCUT2D eigenvalue weighted by Crippen LogP contribution is 2.35. The lowest BCUT2D eigenvalue weighted by molar-refractivity contribution is 0.100. The maximum Gasteiger partial charge on any atom is 0.319 e. The highest BCUT2D eigenvalue weighted by molar-refractivity contribution is 7.20. The zero-order valence-electron chi connectivity index (χ0n) is 11.1. The van der Waals surface area contributed by atoms with Crippen molar-refractivity contribution >= 4 is 28.3 Å². The first-order chi connectivity index (χ1) is 10.0. The van der Waals surface area contributed by atoms with Crippen LogP contribution in [0.5, 0.6) is 0 Å². The topological polar surface area (TPSA) is 108 Å². The van der Waals surface area contributed by atoms with Crippen LogP contribution < -0.4 is 16.4 Å². The third kappa shape index (κ3) is 3.19. The third-order valence-electron chi connectivity index (χ3n) is 2.75. The fraction of sp³-hybridized carbons (Fsp3) is 0.0714. The first kappa shape index (κ1) is 14.6. The molecule has 1 aromatic carbocycles. The van der Waals surface area contributed by atoms with Gasteiger partial charge in [0.25, 0.3) is 5.91 Å². The van der Waals surface area contributed by atoms with Gasteiger partial charge in [-0.15, -0.1) is 11.3 Å². The van der Waals surface area contributed by atoms with Gasteiger partial charge in [0.15, 0.2) is 0 Å². The van der Waals surface area contributed by atoms with Crippen LogP contribution in [0.1, 0.15) is 15.9 Å². The molecular formula is C14H12N4O2S. The Balaban J connectivity index is 2.40. The number of amides is 3. The van der Waals surface area contributed by atoms with Crippen molar-refractivity contribution in [3.8, 4) is 16.5 Å². The molecule has 2 aromatic rings. The van der Waals surface area contributed by atoms with Crippen molar-refractivity contribution in [2.45, 2.75) is 0 Å². The number of primary amides is 1. The maximum atomic E-state index is 11.5. The molecular weight excluding hydrogens is 288 g/mol. The first-order valence-electron chi connectivity index (χ1n) is 5.98. The molecule has 0 fully saturated rings. The minimum atomic E-state index is -0.613. The van der Waals surface area contributed by atoms with Crippen LogP contribution in [0.4, 0.5) is 9.80 Å². The average Bonchev–Trinajstić information content (AvgIpc) is 2.91. The molecule has 106 valence electrons. The van der Waals surface area contributed by atoms with E-state index in [2.05, 4.69) is 10.6 Å². The molecule has 0 aliphatic heterocycles. The van der Waals surface area contributed by atoms with E-state index in [1.165, 1.54) is 18.4 Å². The number of thiophene rings is 1. The maximum absolute atomic E-state index is 11.5. The van der Waals surface area contributed by atoms with Gasteiger partial charge in [-0.05, 0) is 23.8 Å². The molecule has 0 atom stereocenters. The number of anilines is 1. The summed E-state index contributed by atoms with van der Waals surface area (Å²) in [5.74, 6) is -0.613. The van der Waals surface area contributed by atoms with E-state index in [1.807, 2.05) is 6.07 Å². The molecule has 4 N–H and O–H groups in total. The first-order valence-corrected chi connectivity index (χ1v) is 6.79. The summed E-state index contributed by atoms with van der Waals surface area (Å²) in [6.45, 7) is 0. The molecule has 0 aliphatic rings. The van der Waals surface area contributed by atoms with E-state index in [9.17, 15) is 9.59 Å². The van der Waals surface area contributed by atoms with Crippen LogP contribution >= 0.6 is 11.3 Å². The number of nitrogens with one attached hydrogen (secondary N) is 2. The summed E-state index contributed by atoms with van der Waals surface area (Å²) in [6, 6.07) is 10.2. The Hall–Kier alpha value is -2.85. The van der Waals surface area contributed by atoms with Crippen molar-refractivity contribution < 1.29 is 9.59 Å². The normalized spacial score (nSPS) is 9.71. The quantitative estimate of drug-likeness (QED) is 0.808. The Morgan fingerprint density at radius 3 is 2.48 bits per heavy atom. The summed E-state index contributed by atoms with van der Waals surface area (Å²) < 4.78 is 0. The molecule has 3 amide bonds. The standard InChI is InChI=1S/C14H12N4O2S/c1-17-14(20)18-13-10(12(16)19)6-11(21-13)9-4-2-8(7-15)3-5-9/h2-6H,1H3,(H2,16,19)(H2,17,18,20). The molecule has 0 bridgehead atoms. The Morgan fingerprint density at radius 2 is 1.95 bits per heavy atom. The fourth-order valence-electron chi connectivity index (χ4n) is 1.68. The van der Waals surface area contributed by atoms with Gasteiger partial charge >= 0.3 is 6.03 Å². The molecule has 0 saturated carbocycles. The summed E-state index contributed by atoms with van der Waals surface area (Å²) in [4.78, 5) is 23.6. The van der Waals surface area contributed by atoms with Gasteiger partial charge in [0, 0.05) is 11.9 Å². The third-order valence-corrected chi connectivity index (χ3v) is 3.85. The predicted molar refractivity (Wildman–Crippen MR) is 81.1 cm³/mol. The zero-order chi connectivity index (χ0) is 15.4. The molecule has 7 heteroatoms. The van der Waals surface area contributed by atoms with Crippen molar-refractivity contribution in [3.05, 3.63) is 41.5 Å². The smallest absolute Gasteiger partial charge is 0.319 e. The van der Waals surface area contributed by atoms with Crippen molar-refractivity contribution in [2.24, 2.45) is 5.73 Å². The number of nitriles is 1. The van der Waals surface area contributed by atoms with Crippen molar-refractivity contribution in [1.29, 1.82) is 5.26 Å². The van der Waals surface area contributed by atoms with Crippen molar-refractivity contribution in [2.75, 3.05) is 12.4 Å². The lowest BCUT2D eigenvalue weighted by Crippen LogP contribution is -2.25. The minimum absolute atomic E-state index is 0.253. The zero-order valence-corrected chi connectivity index (χ0v) is 12.0. The van der Waals surface area contributed by atoms with Gasteiger partial charge in [-0.1, -0.05) is 12.1 Å². The molecule has 1 heterocycles. The van der Waals surface area contributed by atoms with Gasteiger partial charge in [-0.25, -0.2) is 4.79 Å². The van der Waals surface area contributed by atoms with Gasteiger partial charge in [0.05, 0.1) is 17.2 Å². The predicted octanol–water partition coefficient (Wildman–Crippen LogP) is 2.14. The van der Waals surface area contributed by atoms with E-state index in [0.717, 1.165) is 10.4 Å². The molecule has 6 nitrogen and oxygen atoms in total. The Labute approximate surface area is 125 Å². The van der Waals surface area contributed by atoms with Crippen molar-refractivity contribution in [1.82, 2.24) is 5.32 Å². The Morgan fingerprint density at radius 1 is 1.29 bits per heavy atom. The van der Waals surface area contributed by atoms with Crippen LogP contribution in [-0.2, 0) is 0 Å². The number of nitrogens with two attached hydrogens (primary N) is 1. The van der Waals surface area contributed by atoms with Crippen LogP contribution in [0.25, 0.3) is 10.4 Å². The lowest BCUT2D eigenvalue weighted by atomic mass is 10.1. The molecule has 21 heavy (non-hydrogen) atoms. The number of carbonyl (C=O) groups excluding carboxylic acids is 2. The van der Waals surface area contributed by atoms with Gasteiger partial charge in [0.1, 0.15) is 5.00 Å². The molecule has 0 spiro atoms. The van der Waals surface area contributed by atoms with E-state index in [1.54, 1.807) is 30.3 Å². The van der Waals surface area contributed by atoms with Gasteiger partial charge < -0.3 is 11.1 Å². The van der Waals surface area contributed by atoms with Gasteiger partial charge in [-0.2, -0.15) is 5.26 Å². The van der Waals surface area contributed by atoms with Crippen LogP contribution in [0.15, 0.2) is 30.3 Å². The minimum Gasteiger partial charge on any atom is -0.366 e. The molecule has 2 rings (SSSR count). The summed E-state index contributed by atoms with van der Waals surface area (Å²) >= 11 is 1.24. The summed E-state index contributed by atoms with van der Waals surface area (Å²) in [5, 5.41) is 14.2. The van der Waals surface area contributed by atoms with E-state index >= 15 is 0 Å². The van der Waals surface area contributed by atoms with Crippen LogP contribution in [0.2, 0.25) is 0 Å². The average molecular weight is 300 g/mol. The molecule has 0 saturated heterocycles. The number of hydrogen-bond acceptors (Lipinski definition) is 4. The number of benzene rings is 1. The SMILES string of the molecule is CNC(=O)Nc1sc(-c2ccc(C#N)cc2)cc1C(N)=O. The Kier molecular flexibility index (Phi) is 4.21. The molecule has 0 unspecified atom stereocenters. The summed E-state index contributed by atoms with van der Waals surface area (Å²) in [6.07, 6.45) is 0. The fourth-order valence-corrected chi connectivity index (χ4v) is 2.75. The van der Waals surface area contributed by atoms with E-state index < -0.39 is 11.9 Å². The Bertz CT molecular complexity index is 728.